The van der Waals surface area contributed by atoms with Crippen molar-refractivity contribution < 1.29 is 14.3 Å². The summed E-state index contributed by atoms with van der Waals surface area (Å²) in [5.74, 6) is 3.38. The van der Waals surface area contributed by atoms with E-state index >= 15 is 0 Å². The Bertz CT molecular complexity index is 775. The molecule has 0 bridgehead atoms. The predicted molar refractivity (Wildman–Crippen MR) is 170 cm³/mol. The Morgan fingerprint density at radius 1 is 0.868 bits per heavy atom. The number of rotatable bonds is 17. The Balaban J connectivity index is -0.00000185. The quantitative estimate of drug-likeness (QED) is 0.0815. The van der Waals surface area contributed by atoms with E-state index in [0.717, 1.165) is 58.3 Å². The molecule has 3 heteroatoms. The van der Waals surface area contributed by atoms with Crippen molar-refractivity contribution >= 4 is 6.29 Å². The van der Waals surface area contributed by atoms with Gasteiger partial charge in [-0.25, -0.2) is 0 Å². The average Bonchev–Trinajstić information content (AvgIpc) is 2.89. The number of allylic oxidation sites excluding steroid dienone is 7. The lowest BCUT2D eigenvalue weighted by Crippen LogP contribution is -2.11. The summed E-state index contributed by atoms with van der Waals surface area (Å²) in [4.78, 5) is 8.81. The summed E-state index contributed by atoms with van der Waals surface area (Å²) in [6.45, 7) is 37.6. The third-order valence-electron chi connectivity index (χ3n) is 6.99. The summed E-state index contributed by atoms with van der Waals surface area (Å²) in [7, 11) is 3.26. The van der Waals surface area contributed by atoms with Gasteiger partial charge in [0.1, 0.15) is 12.0 Å². The van der Waals surface area contributed by atoms with Gasteiger partial charge in [0.25, 0.3) is 0 Å². The van der Waals surface area contributed by atoms with Crippen LogP contribution in [0.1, 0.15) is 87.5 Å². The fourth-order valence-electron chi connectivity index (χ4n) is 3.57. The van der Waals surface area contributed by atoms with E-state index in [1.165, 1.54) is 32.6 Å². The molecule has 4 atom stereocenters. The minimum Gasteiger partial charge on any atom is -0.497 e. The minimum absolute atomic E-state index is 0.416. The maximum absolute atomic E-state index is 8.81. The maximum Gasteiger partial charge on any atom is 0.117 e. The van der Waals surface area contributed by atoms with Crippen LogP contribution in [0.15, 0.2) is 84.7 Å². The monoisotopic (exact) mass is 528 g/mol. The fraction of sp³-hybridized carbons (Fsp3) is 0.571. The lowest BCUT2D eigenvalue weighted by Gasteiger charge is -2.23. The van der Waals surface area contributed by atoms with E-state index in [1.54, 1.807) is 20.3 Å². The van der Waals surface area contributed by atoms with Gasteiger partial charge in [-0.2, -0.15) is 0 Å². The van der Waals surface area contributed by atoms with E-state index in [4.69, 9.17) is 14.3 Å². The first-order chi connectivity index (χ1) is 17.8. The van der Waals surface area contributed by atoms with Crippen molar-refractivity contribution in [3.63, 3.8) is 0 Å². The van der Waals surface area contributed by atoms with Gasteiger partial charge in [0.15, 0.2) is 0 Å². The van der Waals surface area contributed by atoms with E-state index in [1.807, 2.05) is 13.0 Å². The number of ether oxygens (including phenoxy) is 2. The van der Waals surface area contributed by atoms with Gasteiger partial charge in [-0.15, -0.1) is 6.58 Å². The SMILES string of the molecule is C=C(/C=C(/COC)C(=C)OC)C(=C)/C(C)=C\C(=C)C(C)CCC(C)C(C)CCC(C)CC.C=CC.CC=O. The highest BCUT2D eigenvalue weighted by molar-refractivity contribution is 5.52. The van der Waals surface area contributed by atoms with Crippen LogP contribution in [0.5, 0.6) is 0 Å². The largest absolute Gasteiger partial charge is 0.497 e. The van der Waals surface area contributed by atoms with Gasteiger partial charge in [0.05, 0.1) is 13.7 Å². The van der Waals surface area contributed by atoms with Crippen LogP contribution in [0.3, 0.4) is 0 Å². The van der Waals surface area contributed by atoms with Crippen LogP contribution in [-0.4, -0.2) is 27.1 Å². The van der Waals surface area contributed by atoms with Crippen molar-refractivity contribution in [2.75, 3.05) is 20.8 Å². The Morgan fingerprint density at radius 3 is 1.76 bits per heavy atom. The molecular weight excluding hydrogens is 468 g/mol. The summed E-state index contributed by atoms with van der Waals surface area (Å²) < 4.78 is 10.5. The van der Waals surface area contributed by atoms with Gasteiger partial charge < -0.3 is 14.3 Å². The molecule has 0 radical (unpaired) electrons. The Kier molecular flexibility index (Phi) is 26.3. The van der Waals surface area contributed by atoms with Crippen molar-refractivity contribution in [2.24, 2.45) is 23.7 Å². The number of hydrogen-bond donors (Lipinski definition) is 0. The molecule has 0 amide bonds. The number of hydrogen-bond acceptors (Lipinski definition) is 3. The van der Waals surface area contributed by atoms with Gasteiger partial charge in [-0.05, 0) is 80.1 Å². The smallest absolute Gasteiger partial charge is 0.117 e. The summed E-state index contributed by atoms with van der Waals surface area (Å²) in [6, 6.07) is 0. The zero-order valence-corrected chi connectivity index (χ0v) is 26.6. The van der Waals surface area contributed by atoms with Gasteiger partial charge in [0.2, 0.25) is 0 Å². The molecule has 0 saturated carbocycles. The summed E-state index contributed by atoms with van der Waals surface area (Å²) in [5, 5.41) is 0. The molecule has 0 aliphatic carbocycles. The van der Waals surface area contributed by atoms with Gasteiger partial charge in [0, 0.05) is 12.7 Å². The van der Waals surface area contributed by atoms with Crippen LogP contribution in [0, 0.1) is 23.7 Å². The Labute approximate surface area is 237 Å². The van der Waals surface area contributed by atoms with Crippen LogP contribution in [0.25, 0.3) is 0 Å². The van der Waals surface area contributed by atoms with Crippen molar-refractivity contribution in [2.45, 2.75) is 87.5 Å². The number of aldehydes is 1. The molecule has 0 rings (SSSR count). The maximum atomic E-state index is 8.81. The Morgan fingerprint density at radius 2 is 1.34 bits per heavy atom. The summed E-state index contributed by atoms with van der Waals surface area (Å²) in [6.07, 6.45) is 13.0. The number of carbonyl (C=O) groups is 1. The van der Waals surface area contributed by atoms with Crippen molar-refractivity contribution in [3.8, 4) is 0 Å². The van der Waals surface area contributed by atoms with Crippen molar-refractivity contribution in [3.05, 3.63) is 84.7 Å². The molecule has 0 N–H and O–H groups in total. The molecular formula is C35H60O3. The highest BCUT2D eigenvalue weighted by Gasteiger charge is 2.16. The van der Waals surface area contributed by atoms with E-state index in [9.17, 15) is 0 Å². The average molecular weight is 529 g/mol. The molecule has 218 valence electrons. The molecule has 0 aromatic carbocycles. The number of carbonyl (C=O) groups excluding carboxylic acids is 1. The lowest BCUT2D eigenvalue weighted by molar-refractivity contribution is -0.106. The third kappa shape index (κ3) is 19.7. The fourth-order valence-corrected chi connectivity index (χ4v) is 3.57. The molecule has 0 fully saturated rings. The highest BCUT2D eigenvalue weighted by Crippen LogP contribution is 2.29. The van der Waals surface area contributed by atoms with E-state index < -0.39 is 0 Å². The molecule has 4 unspecified atom stereocenters. The first kappa shape index (κ1) is 40.1. The second-order valence-electron chi connectivity index (χ2n) is 10.3. The Hall–Kier alpha value is -2.39. The first-order valence-corrected chi connectivity index (χ1v) is 14.0. The molecule has 0 heterocycles. The van der Waals surface area contributed by atoms with Crippen LogP contribution in [0.4, 0.5) is 0 Å². The van der Waals surface area contributed by atoms with Crippen LogP contribution in [0.2, 0.25) is 0 Å². The lowest BCUT2D eigenvalue weighted by atomic mass is 9.83. The highest BCUT2D eigenvalue weighted by atomic mass is 16.5. The normalized spacial score (nSPS) is 14.3. The zero-order chi connectivity index (χ0) is 30.3. The molecule has 0 aromatic heterocycles. The van der Waals surface area contributed by atoms with Crippen LogP contribution in [-0.2, 0) is 14.3 Å². The summed E-state index contributed by atoms with van der Waals surface area (Å²) >= 11 is 0. The molecule has 38 heavy (non-hydrogen) atoms. The summed E-state index contributed by atoms with van der Waals surface area (Å²) in [5.41, 5.74) is 4.81. The first-order valence-electron chi connectivity index (χ1n) is 14.0. The van der Waals surface area contributed by atoms with Crippen molar-refractivity contribution in [1.29, 1.82) is 0 Å². The number of methoxy groups -OCH3 is 2. The molecule has 3 nitrogen and oxygen atoms in total. The van der Waals surface area contributed by atoms with E-state index in [-0.39, 0.29) is 0 Å². The van der Waals surface area contributed by atoms with E-state index in [0.29, 0.717) is 18.3 Å². The van der Waals surface area contributed by atoms with Crippen LogP contribution >= 0.6 is 0 Å². The minimum atomic E-state index is 0.416. The second-order valence-corrected chi connectivity index (χ2v) is 10.3. The predicted octanol–water partition coefficient (Wildman–Crippen LogP) is 10.2. The van der Waals surface area contributed by atoms with Crippen LogP contribution < -0.4 is 0 Å². The standard InChI is InChI=1S/C30H50O2.C3H6.C2H4O/c1-13-21(2)14-15-22(3)23(4)16-17-24(5)25(6)18-26(7)28(9)27(8)19-30(20-31-11)29(10)32-12;1-3-2;1-2-3/h18-19,21-24H,6,8-10,13-17,20H2,1-5,7,11-12H3;3H,1H2,2H3;2H,1H3/b26-18-,30-19-;;. The van der Waals surface area contributed by atoms with Gasteiger partial charge in [-0.3, -0.25) is 0 Å². The topological polar surface area (TPSA) is 35.5 Å². The molecule has 0 aliphatic rings. The van der Waals surface area contributed by atoms with Gasteiger partial charge in [-0.1, -0.05) is 97.9 Å². The van der Waals surface area contributed by atoms with Crippen molar-refractivity contribution in [1.82, 2.24) is 0 Å². The van der Waals surface area contributed by atoms with Gasteiger partial charge >= 0.3 is 0 Å². The molecule has 0 aliphatic heterocycles. The second kappa shape index (κ2) is 24.9. The zero-order valence-electron chi connectivity index (χ0n) is 26.6. The van der Waals surface area contributed by atoms with E-state index in [2.05, 4.69) is 80.5 Å². The molecule has 0 spiro atoms. The molecule has 0 aromatic rings. The third-order valence-corrected chi connectivity index (χ3v) is 6.99. The molecule has 0 saturated heterocycles.